The summed E-state index contributed by atoms with van der Waals surface area (Å²) in [7, 11) is 0. The van der Waals surface area contributed by atoms with Crippen molar-refractivity contribution in [3.05, 3.63) is 61.0 Å². The second-order valence-corrected chi connectivity index (χ2v) is 5.92. The van der Waals surface area contributed by atoms with Gasteiger partial charge in [-0.3, -0.25) is 9.59 Å². The third kappa shape index (κ3) is 4.31. The monoisotopic (exact) mass is 330 g/mol. The summed E-state index contributed by atoms with van der Waals surface area (Å²) in [6, 6.07) is 5.50. The topological polar surface area (TPSA) is 40.6 Å². The van der Waals surface area contributed by atoms with Crippen LogP contribution in [-0.4, -0.2) is 47.8 Å². The maximum Gasteiger partial charge on any atom is 0.253 e. The highest BCUT2D eigenvalue weighted by atomic mass is 19.1. The van der Waals surface area contributed by atoms with E-state index in [0.717, 1.165) is 12.8 Å². The van der Waals surface area contributed by atoms with Gasteiger partial charge in [0.2, 0.25) is 5.91 Å². The van der Waals surface area contributed by atoms with Crippen LogP contribution in [0.2, 0.25) is 0 Å². The van der Waals surface area contributed by atoms with Crippen LogP contribution in [-0.2, 0) is 4.79 Å². The molecule has 1 fully saturated rings. The van der Waals surface area contributed by atoms with E-state index in [1.165, 1.54) is 24.3 Å². The Bertz CT molecular complexity index is 602. The molecule has 24 heavy (non-hydrogen) atoms. The first-order valence-corrected chi connectivity index (χ1v) is 8.12. The summed E-state index contributed by atoms with van der Waals surface area (Å²) in [6.07, 6.45) is 4.91. The van der Waals surface area contributed by atoms with Crippen LogP contribution < -0.4 is 0 Å². The van der Waals surface area contributed by atoms with E-state index in [9.17, 15) is 14.0 Å². The van der Waals surface area contributed by atoms with Gasteiger partial charge in [0, 0.05) is 31.7 Å². The smallest absolute Gasteiger partial charge is 0.253 e. The zero-order valence-electron chi connectivity index (χ0n) is 13.8. The van der Waals surface area contributed by atoms with E-state index >= 15 is 0 Å². The Hall–Kier alpha value is -2.43. The average Bonchev–Trinajstić information content (AvgIpc) is 2.61. The molecule has 1 atom stereocenters. The summed E-state index contributed by atoms with van der Waals surface area (Å²) in [5.41, 5.74) is 0.443. The zero-order valence-corrected chi connectivity index (χ0v) is 13.8. The largest absolute Gasteiger partial charge is 0.338 e. The molecule has 2 amide bonds. The van der Waals surface area contributed by atoms with Crippen LogP contribution >= 0.6 is 0 Å². The van der Waals surface area contributed by atoms with Crippen molar-refractivity contribution < 1.29 is 14.0 Å². The Labute approximate surface area is 142 Å². The lowest BCUT2D eigenvalue weighted by Gasteiger charge is -2.34. The average molecular weight is 330 g/mol. The van der Waals surface area contributed by atoms with E-state index in [0.29, 0.717) is 31.7 Å². The molecular weight excluding hydrogens is 307 g/mol. The van der Waals surface area contributed by atoms with Crippen LogP contribution in [0.25, 0.3) is 0 Å². The van der Waals surface area contributed by atoms with Gasteiger partial charge in [-0.2, -0.15) is 0 Å². The number of carbonyl (C=O) groups excluding carboxylic acids is 2. The minimum absolute atomic E-state index is 0.0198. The van der Waals surface area contributed by atoms with Crippen LogP contribution in [0, 0.1) is 11.7 Å². The van der Waals surface area contributed by atoms with E-state index in [4.69, 9.17) is 0 Å². The predicted molar refractivity (Wildman–Crippen MR) is 92.0 cm³/mol. The Morgan fingerprint density at radius 2 is 1.83 bits per heavy atom. The van der Waals surface area contributed by atoms with Crippen LogP contribution in [0.1, 0.15) is 23.2 Å². The summed E-state index contributed by atoms with van der Waals surface area (Å²) in [6.45, 7) is 9.29. The summed E-state index contributed by atoms with van der Waals surface area (Å²) < 4.78 is 13.0. The fourth-order valence-electron chi connectivity index (χ4n) is 2.96. The lowest BCUT2D eigenvalue weighted by Crippen LogP contribution is -2.46. The quantitative estimate of drug-likeness (QED) is 0.753. The summed E-state index contributed by atoms with van der Waals surface area (Å²) >= 11 is 0. The van der Waals surface area contributed by atoms with Gasteiger partial charge in [0.25, 0.3) is 5.91 Å². The standard InChI is InChI=1S/C19H23FN2O2/c1-3-11-21(12-4-2)19(24)16-6-5-13-22(14-16)18(23)15-7-9-17(20)10-8-15/h3-4,7-10,16H,1-2,5-6,11-14H2. The molecule has 1 aliphatic rings. The molecule has 1 heterocycles. The third-order valence-electron chi connectivity index (χ3n) is 4.16. The second-order valence-electron chi connectivity index (χ2n) is 5.92. The van der Waals surface area contributed by atoms with E-state index in [1.54, 1.807) is 22.0 Å². The fraction of sp³-hybridized carbons (Fsp3) is 0.368. The van der Waals surface area contributed by atoms with Gasteiger partial charge in [-0.05, 0) is 37.1 Å². The van der Waals surface area contributed by atoms with Gasteiger partial charge in [-0.25, -0.2) is 4.39 Å². The van der Waals surface area contributed by atoms with Crippen molar-refractivity contribution in [3.63, 3.8) is 0 Å². The molecule has 1 aromatic carbocycles. The van der Waals surface area contributed by atoms with Gasteiger partial charge in [-0.15, -0.1) is 13.2 Å². The number of likely N-dealkylation sites (tertiary alicyclic amines) is 1. The fourth-order valence-corrected chi connectivity index (χ4v) is 2.96. The van der Waals surface area contributed by atoms with Crippen LogP contribution in [0.4, 0.5) is 4.39 Å². The molecule has 0 N–H and O–H groups in total. The molecule has 0 radical (unpaired) electrons. The molecule has 0 bridgehead atoms. The number of amides is 2. The molecule has 1 saturated heterocycles. The maximum atomic E-state index is 13.0. The van der Waals surface area contributed by atoms with Gasteiger partial charge in [-0.1, -0.05) is 12.2 Å². The molecule has 1 unspecified atom stereocenters. The van der Waals surface area contributed by atoms with Gasteiger partial charge in [0.05, 0.1) is 5.92 Å². The third-order valence-corrected chi connectivity index (χ3v) is 4.16. The molecule has 0 aromatic heterocycles. The maximum absolute atomic E-state index is 13.0. The van der Waals surface area contributed by atoms with Crippen molar-refractivity contribution in [1.29, 1.82) is 0 Å². The summed E-state index contributed by atoms with van der Waals surface area (Å²) in [5, 5.41) is 0. The Kier molecular flexibility index (Phi) is 6.29. The number of rotatable bonds is 6. The van der Waals surface area contributed by atoms with Crippen molar-refractivity contribution in [1.82, 2.24) is 9.80 Å². The number of hydrogen-bond donors (Lipinski definition) is 0. The van der Waals surface area contributed by atoms with Crippen LogP contribution in [0.3, 0.4) is 0 Å². The van der Waals surface area contributed by atoms with Gasteiger partial charge < -0.3 is 9.80 Å². The SMILES string of the molecule is C=CCN(CC=C)C(=O)C1CCCN(C(=O)c2ccc(F)cc2)C1. The lowest BCUT2D eigenvalue weighted by molar-refractivity contribution is -0.135. The molecule has 0 aliphatic carbocycles. The molecule has 0 spiro atoms. The predicted octanol–water partition coefficient (Wildman–Crippen LogP) is 2.88. The molecule has 0 saturated carbocycles. The Balaban J connectivity index is 2.06. The molecule has 5 heteroatoms. The van der Waals surface area contributed by atoms with Gasteiger partial charge in [0.1, 0.15) is 5.82 Å². The van der Waals surface area contributed by atoms with Crippen molar-refractivity contribution in [2.24, 2.45) is 5.92 Å². The minimum atomic E-state index is -0.372. The van der Waals surface area contributed by atoms with Gasteiger partial charge >= 0.3 is 0 Å². The Morgan fingerprint density at radius 3 is 2.42 bits per heavy atom. The van der Waals surface area contributed by atoms with E-state index < -0.39 is 0 Å². The zero-order chi connectivity index (χ0) is 17.5. The number of halogens is 1. The molecule has 4 nitrogen and oxygen atoms in total. The van der Waals surface area contributed by atoms with Crippen LogP contribution in [0.5, 0.6) is 0 Å². The van der Waals surface area contributed by atoms with Crippen molar-refractivity contribution in [2.75, 3.05) is 26.2 Å². The minimum Gasteiger partial charge on any atom is -0.338 e. The number of carbonyl (C=O) groups is 2. The molecule has 1 aliphatic heterocycles. The van der Waals surface area contributed by atoms with Crippen molar-refractivity contribution >= 4 is 11.8 Å². The van der Waals surface area contributed by atoms with Crippen molar-refractivity contribution in [2.45, 2.75) is 12.8 Å². The molecule has 1 aromatic rings. The lowest BCUT2D eigenvalue weighted by atomic mass is 9.95. The molecular formula is C19H23FN2O2. The normalized spacial score (nSPS) is 17.2. The number of hydrogen-bond acceptors (Lipinski definition) is 2. The van der Waals surface area contributed by atoms with E-state index in [2.05, 4.69) is 13.2 Å². The first-order valence-electron chi connectivity index (χ1n) is 8.12. The molecule has 2 rings (SSSR count). The Morgan fingerprint density at radius 1 is 1.21 bits per heavy atom. The highest BCUT2D eigenvalue weighted by Crippen LogP contribution is 2.21. The van der Waals surface area contributed by atoms with Gasteiger partial charge in [0.15, 0.2) is 0 Å². The second kappa shape index (κ2) is 8.43. The number of piperidine rings is 1. The molecule has 128 valence electrons. The summed E-state index contributed by atoms with van der Waals surface area (Å²) in [4.78, 5) is 28.6. The van der Waals surface area contributed by atoms with E-state index in [-0.39, 0.29) is 23.5 Å². The van der Waals surface area contributed by atoms with Crippen molar-refractivity contribution in [3.8, 4) is 0 Å². The first-order chi connectivity index (χ1) is 11.6. The number of benzene rings is 1. The summed E-state index contributed by atoms with van der Waals surface area (Å²) in [5.74, 6) is -0.733. The number of nitrogens with zero attached hydrogens (tertiary/aromatic N) is 2. The van der Waals surface area contributed by atoms with E-state index in [1.807, 2.05) is 0 Å². The van der Waals surface area contributed by atoms with Crippen LogP contribution in [0.15, 0.2) is 49.6 Å². The highest BCUT2D eigenvalue weighted by Gasteiger charge is 2.31. The highest BCUT2D eigenvalue weighted by molar-refractivity contribution is 5.94. The first kappa shape index (κ1) is 17.9.